The number of hydrogen-bond donors (Lipinski definition) is 3. The molecule has 240 valence electrons. The summed E-state index contributed by atoms with van der Waals surface area (Å²) in [6.45, 7) is 0.677. The average molecular weight is 628 g/mol. The number of rotatable bonds is 9. The van der Waals surface area contributed by atoms with Gasteiger partial charge >= 0.3 is 18.5 Å². The number of hydrogen-bond acceptors (Lipinski definition) is 5. The highest BCUT2D eigenvalue weighted by molar-refractivity contribution is 5.77. The highest BCUT2D eigenvalue weighted by Gasteiger charge is 2.37. The number of nitrogens with zero attached hydrogens (tertiary/aromatic N) is 4. The molecule has 0 aliphatic heterocycles. The lowest BCUT2D eigenvalue weighted by molar-refractivity contribution is -0.143. The van der Waals surface area contributed by atoms with Crippen LogP contribution in [0.15, 0.2) is 35.6 Å². The molecule has 1 aliphatic rings. The van der Waals surface area contributed by atoms with Crippen molar-refractivity contribution in [2.24, 2.45) is 16.7 Å². The second-order valence-corrected chi connectivity index (χ2v) is 10.5. The van der Waals surface area contributed by atoms with E-state index in [1.54, 1.807) is 0 Å². The third-order valence-electron chi connectivity index (χ3n) is 7.08. The van der Waals surface area contributed by atoms with Gasteiger partial charge in [0.2, 0.25) is 5.96 Å². The zero-order valence-electron chi connectivity index (χ0n) is 23.5. The number of halogens is 9. The molecule has 1 fully saturated rings. The minimum absolute atomic E-state index is 0.0173. The molecular formula is C27H34F9N7. The predicted molar refractivity (Wildman–Crippen MR) is 142 cm³/mol. The number of hydrazone groups is 1. The van der Waals surface area contributed by atoms with Crippen molar-refractivity contribution in [3.8, 4) is 0 Å². The minimum atomic E-state index is -5.10. The molecule has 1 aromatic heterocycles. The van der Waals surface area contributed by atoms with Crippen molar-refractivity contribution in [2.75, 3.05) is 7.05 Å². The smallest absolute Gasteiger partial charge is 0.368 e. The van der Waals surface area contributed by atoms with Crippen LogP contribution in [0.4, 0.5) is 39.5 Å². The van der Waals surface area contributed by atoms with Gasteiger partial charge in [-0.15, -0.1) is 5.10 Å². The lowest BCUT2D eigenvalue weighted by Crippen LogP contribution is -2.40. The maximum absolute atomic E-state index is 13.7. The van der Waals surface area contributed by atoms with Crippen molar-refractivity contribution >= 4 is 5.96 Å². The van der Waals surface area contributed by atoms with Gasteiger partial charge in [0.05, 0.1) is 22.4 Å². The van der Waals surface area contributed by atoms with E-state index in [-0.39, 0.29) is 23.4 Å². The Morgan fingerprint density at radius 1 is 0.907 bits per heavy atom. The fraction of sp³-hybridized carbons (Fsp3) is 0.556. The van der Waals surface area contributed by atoms with Crippen molar-refractivity contribution in [3.63, 3.8) is 0 Å². The fourth-order valence-corrected chi connectivity index (χ4v) is 5.04. The number of alkyl halides is 9. The lowest BCUT2D eigenvalue weighted by atomic mass is 9.93. The standard InChI is InChI=1S/C27H34F9N7/c1-3-22(40-21-7-5-4-6-8-21)23-17(11-20(13-39-23)27(34,35)36)15-43(24(37)41-42(2)38)14-16-9-18(25(28,29)30)12-19(10-16)26(31,32)33/h9-13,21-22,40H,3-8,14-15,38H2,1-2H3,(H2,37,41). The van der Waals surface area contributed by atoms with E-state index in [1.165, 1.54) is 7.05 Å². The maximum atomic E-state index is 13.7. The highest BCUT2D eigenvalue weighted by Crippen LogP contribution is 2.37. The summed E-state index contributed by atoms with van der Waals surface area (Å²) in [6, 6.07) is 1.50. The molecule has 5 N–H and O–H groups in total. The fourth-order valence-electron chi connectivity index (χ4n) is 5.04. The predicted octanol–water partition coefficient (Wildman–Crippen LogP) is 6.55. The zero-order chi connectivity index (χ0) is 32.2. The molecule has 1 aromatic carbocycles. The quantitative estimate of drug-likeness (QED) is 0.0960. The third kappa shape index (κ3) is 9.61. The Kier molecular flexibility index (Phi) is 10.8. The van der Waals surface area contributed by atoms with Gasteiger partial charge in [0, 0.05) is 38.4 Å². The van der Waals surface area contributed by atoms with Gasteiger partial charge in [-0.05, 0) is 54.7 Å². The van der Waals surface area contributed by atoms with E-state index in [1.807, 2.05) is 6.92 Å². The molecule has 1 atom stereocenters. The summed E-state index contributed by atoms with van der Waals surface area (Å²) in [5.41, 5.74) is 1.69. The van der Waals surface area contributed by atoms with Crippen LogP contribution >= 0.6 is 0 Å². The van der Waals surface area contributed by atoms with E-state index in [9.17, 15) is 39.5 Å². The lowest BCUT2D eigenvalue weighted by Gasteiger charge is -2.31. The molecule has 1 aliphatic carbocycles. The van der Waals surface area contributed by atoms with Crippen LogP contribution in [0.3, 0.4) is 0 Å². The number of benzene rings is 1. The Labute approximate surface area is 243 Å². The van der Waals surface area contributed by atoms with Gasteiger partial charge < -0.3 is 16.0 Å². The first-order valence-electron chi connectivity index (χ1n) is 13.6. The van der Waals surface area contributed by atoms with Crippen LogP contribution in [0.25, 0.3) is 0 Å². The Morgan fingerprint density at radius 2 is 1.47 bits per heavy atom. The van der Waals surface area contributed by atoms with E-state index in [0.717, 1.165) is 48.2 Å². The summed E-state index contributed by atoms with van der Waals surface area (Å²) < 4.78 is 122. The van der Waals surface area contributed by atoms with Gasteiger partial charge in [0.1, 0.15) is 0 Å². The van der Waals surface area contributed by atoms with Gasteiger partial charge in [-0.25, -0.2) is 11.0 Å². The molecule has 0 bridgehead atoms. The molecule has 2 aromatic rings. The van der Waals surface area contributed by atoms with Crippen molar-refractivity contribution in [1.82, 2.24) is 20.3 Å². The SMILES string of the molecule is CCC(NC1CCCCC1)c1ncc(C(F)(F)F)cc1CN(Cc1cc(C(F)(F)F)cc(C(F)(F)F)c1)/C(N)=N/N(C)N. The molecule has 1 heterocycles. The van der Waals surface area contributed by atoms with Crippen LogP contribution in [0.2, 0.25) is 0 Å². The number of aromatic nitrogens is 1. The number of pyridine rings is 1. The molecule has 0 spiro atoms. The van der Waals surface area contributed by atoms with Crippen molar-refractivity contribution in [2.45, 2.75) is 89.2 Å². The second-order valence-electron chi connectivity index (χ2n) is 10.5. The van der Waals surface area contributed by atoms with Crippen LogP contribution < -0.4 is 16.9 Å². The maximum Gasteiger partial charge on any atom is 0.417 e. The van der Waals surface area contributed by atoms with Crippen LogP contribution in [-0.4, -0.2) is 34.1 Å². The van der Waals surface area contributed by atoms with Crippen LogP contribution in [-0.2, 0) is 31.6 Å². The molecule has 43 heavy (non-hydrogen) atoms. The van der Waals surface area contributed by atoms with E-state index in [2.05, 4.69) is 15.4 Å². The topological polar surface area (TPSA) is 95.8 Å². The molecule has 0 radical (unpaired) electrons. The molecule has 7 nitrogen and oxygen atoms in total. The Hall–Kier alpha value is -3.27. The molecule has 16 heteroatoms. The zero-order valence-corrected chi connectivity index (χ0v) is 23.5. The molecule has 0 saturated heterocycles. The third-order valence-corrected chi connectivity index (χ3v) is 7.08. The first-order chi connectivity index (χ1) is 19.9. The largest absolute Gasteiger partial charge is 0.417 e. The monoisotopic (exact) mass is 627 g/mol. The van der Waals surface area contributed by atoms with E-state index in [4.69, 9.17) is 11.6 Å². The summed E-state index contributed by atoms with van der Waals surface area (Å²) in [7, 11) is 1.26. The van der Waals surface area contributed by atoms with E-state index < -0.39 is 65.9 Å². The summed E-state index contributed by atoms with van der Waals surface area (Å²) in [5, 5.41) is 8.00. The normalized spacial score (nSPS) is 16.3. The molecular weight excluding hydrogens is 593 g/mol. The van der Waals surface area contributed by atoms with E-state index in [0.29, 0.717) is 24.8 Å². The van der Waals surface area contributed by atoms with Gasteiger partial charge in [-0.1, -0.05) is 26.2 Å². The second kappa shape index (κ2) is 13.6. The number of guanidine groups is 1. The Morgan fingerprint density at radius 3 is 1.95 bits per heavy atom. The molecule has 3 rings (SSSR count). The summed E-state index contributed by atoms with van der Waals surface area (Å²) in [6.07, 6.45) is -9.03. The Balaban J connectivity index is 2.11. The van der Waals surface area contributed by atoms with Crippen LogP contribution in [0, 0.1) is 0 Å². The molecule has 1 unspecified atom stereocenters. The number of hydrazine groups is 1. The number of nitrogens with two attached hydrogens (primary N) is 2. The summed E-state index contributed by atoms with van der Waals surface area (Å²) in [5.74, 6) is 5.08. The van der Waals surface area contributed by atoms with E-state index >= 15 is 0 Å². The van der Waals surface area contributed by atoms with Gasteiger partial charge in [-0.3, -0.25) is 4.98 Å². The minimum Gasteiger partial charge on any atom is -0.368 e. The average Bonchev–Trinajstić information content (AvgIpc) is 2.90. The van der Waals surface area contributed by atoms with Crippen LogP contribution in [0.5, 0.6) is 0 Å². The summed E-state index contributed by atoms with van der Waals surface area (Å²) >= 11 is 0. The number of nitrogens with one attached hydrogen (secondary N) is 1. The first kappa shape index (κ1) is 34.2. The van der Waals surface area contributed by atoms with Crippen molar-refractivity contribution in [3.05, 3.63) is 64.0 Å². The Bertz CT molecular complexity index is 1220. The van der Waals surface area contributed by atoms with Crippen molar-refractivity contribution < 1.29 is 39.5 Å². The summed E-state index contributed by atoms with van der Waals surface area (Å²) in [4.78, 5) is 5.18. The highest BCUT2D eigenvalue weighted by atomic mass is 19.4. The van der Waals surface area contributed by atoms with Gasteiger partial charge in [0.25, 0.3) is 0 Å². The molecule has 0 amide bonds. The first-order valence-corrected chi connectivity index (χ1v) is 13.6. The van der Waals surface area contributed by atoms with Crippen molar-refractivity contribution in [1.29, 1.82) is 0 Å². The van der Waals surface area contributed by atoms with Gasteiger partial charge in [-0.2, -0.15) is 39.5 Å². The van der Waals surface area contributed by atoms with Crippen LogP contribution in [0.1, 0.15) is 85.0 Å². The molecule has 1 saturated carbocycles. The van der Waals surface area contributed by atoms with Gasteiger partial charge in [0.15, 0.2) is 0 Å².